The maximum absolute atomic E-state index is 4.28. The second kappa shape index (κ2) is 6.48. The van der Waals surface area contributed by atoms with Gasteiger partial charge in [0.1, 0.15) is 5.82 Å². The maximum atomic E-state index is 4.28. The molecule has 1 unspecified atom stereocenters. The molecule has 0 bridgehead atoms. The van der Waals surface area contributed by atoms with Gasteiger partial charge in [-0.25, -0.2) is 4.98 Å². The van der Waals surface area contributed by atoms with E-state index in [0.717, 1.165) is 18.8 Å². The largest absolute Gasteiger partial charge is 0.337 e. The molecule has 0 aliphatic heterocycles. The molecule has 1 aromatic rings. The van der Waals surface area contributed by atoms with Gasteiger partial charge >= 0.3 is 0 Å². The van der Waals surface area contributed by atoms with Crippen LogP contribution in [0.25, 0.3) is 0 Å². The fraction of sp³-hybridized carbons (Fsp3) is 0.615. The molecule has 1 heterocycles. The zero-order valence-electron chi connectivity index (χ0n) is 10.8. The Bertz CT molecular complexity index is 335. The van der Waals surface area contributed by atoms with Crippen LogP contribution in [0.2, 0.25) is 0 Å². The summed E-state index contributed by atoms with van der Waals surface area (Å²) in [5, 5.41) is 3.49. The van der Waals surface area contributed by atoms with Crippen LogP contribution in [0.5, 0.6) is 0 Å². The highest BCUT2D eigenvalue weighted by atomic mass is 15.1. The summed E-state index contributed by atoms with van der Waals surface area (Å²) < 4.78 is 2.05. The zero-order valence-corrected chi connectivity index (χ0v) is 10.8. The van der Waals surface area contributed by atoms with E-state index in [-0.39, 0.29) is 0 Å². The van der Waals surface area contributed by atoms with Gasteiger partial charge in [-0.1, -0.05) is 11.6 Å². The van der Waals surface area contributed by atoms with E-state index in [0.29, 0.717) is 6.04 Å². The van der Waals surface area contributed by atoms with Crippen molar-refractivity contribution in [3.05, 3.63) is 29.9 Å². The second-order valence-corrected chi connectivity index (χ2v) is 4.60. The van der Waals surface area contributed by atoms with Crippen LogP contribution < -0.4 is 5.32 Å². The standard InChI is InChI=1S/C13H23N3/c1-11(2)6-5-7-12(3)15-10-13-14-8-9-16(13)4/h6,8-9,12,15H,5,7,10H2,1-4H3. The lowest BCUT2D eigenvalue weighted by molar-refractivity contribution is 0.502. The van der Waals surface area contributed by atoms with Gasteiger partial charge in [-0.05, 0) is 33.6 Å². The molecule has 16 heavy (non-hydrogen) atoms. The Kier molecular flexibility index (Phi) is 5.26. The van der Waals surface area contributed by atoms with Crippen LogP contribution in [0.15, 0.2) is 24.0 Å². The quantitative estimate of drug-likeness (QED) is 0.748. The summed E-state index contributed by atoms with van der Waals surface area (Å²) in [6.45, 7) is 7.36. The third-order valence-corrected chi connectivity index (χ3v) is 2.68. The van der Waals surface area contributed by atoms with Gasteiger partial charge in [0.05, 0.1) is 6.54 Å². The molecule has 0 spiro atoms. The van der Waals surface area contributed by atoms with E-state index >= 15 is 0 Å². The first kappa shape index (κ1) is 13.0. The molecule has 1 rings (SSSR count). The average Bonchev–Trinajstić information content (AvgIpc) is 2.60. The summed E-state index contributed by atoms with van der Waals surface area (Å²) in [4.78, 5) is 4.28. The minimum Gasteiger partial charge on any atom is -0.337 e. The number of nitrogens with zero attached hydrogens (tertiary/aromatic N) is 2. The summed E-state index contributed by atoms with van der Waals surface area (Å²) in [5.74, 6) is 1.09. The van der Waals surface area contributed by atoms with Gasteiger partial charge in [0.25, 0.3) is 0 Å². The Morgan fingerprint density at radius 3 is 2.88 bits per heavy atom. The van der Waals surface area contributed by atoms with E-state index < -0.39 is 0 Å². The van der Waals surface area contributed by atoms with Gasteiger partial charge in [0.2, 0.25) is 0 Å². The number of hydrogen-bond acceptors (Lipinski definition) is 2. The van der Waals surface area contributed by atoms with Crippen LogP contribution >= 0.6 is 0 Å². The Morgan fingerprint density at radius 2 is 2.31 bits per heavy atom. The van der Waals surface area contributed by atoms with Gasteiger partial charge in [-0.3, -0.25) is 0 Å². The first-order valence-electron chi connectivity index (χ1n) is 5.92. The van der Waals surface area contributed by atoms with Crippen LogP contribution in [0.1, 0.15) is 39.4 Å². The molecule has 3 heteroatoms. The van der Waals surface area contributed by atoms with E-state index in [2.05, 4.69) is 41.7 Å². The van der Waals surface area contributed by atoms with Crippen LogP contribution in [-0.2, 0) is 13.6 Å². The highest BCUT2D eigenvalue weighted by Gasteiger charge is 2.03. The minimum absolute atomic E-state index is 0.535. The van der Waals surface area contributed by atoms with Crippen LogP contribution in [0, 0.1) is 0 Å². The number of aryl methyl sites for hydroxylation is 1. The van der Waals surface area contributed by atoms with Gasteiger partial charge in [0.15, 0.2) is 0 Å². The molecule has 1 atom stereocenters. The molecular weight excluding hydrogens is 198 g/mol. The van der Waals surface area contributed by atoms with Crippen molar-refractivity contribution in [2.75, 3.05) is 0 Å². The molecule has 1 aromatic heterocycles. The third-order valence-electron chi connectivity index (χ3n) is 2.68. The molecule has 0 amide bonds. The maximum Gasteiger partial charge on any atom is 0.122 e. The lowest BCUT2D eigenvalue weighted by Crippen LogP contribution is -2.26. The Labute approximate surface area is 98.6 Å². The fourth-order valence-corrected chi connectivity index (χ4v) is 1.56. The molecular formula is C13H23N3. The van der Waals surface area contributed by atoms with Crippen molar-refractivity contribution in [2.45, 2.75) is 46.2 Å². The number of imidazole rings is 1. The molecule has 0 saturated heterocycles. The summed E-state index contributed by atoms with van der Waals surface area (Å²) in [6, 6.07) is 0.535. The van der Waals surface area contributed by atoms with E-state index in [1.54, 1.807) is 0 Å². The molecule has 0 aliphatic rings. The molecule has 3 nitrogen and oxygen atoms in total. The van der Waals surface area contributed by atoms with Crippen molar-refractivity contribution in [2.24, 2.45) is 7.05 Å². The topological polar surface area (TPSA) is 29.9 Å². The first-order valence-corrected chi connectivity index (χ1v) is 5.92. The van der Waals surface area contributed by atoms with Gasteiger partial charge < -0.3 is 9.88 Å². The zero-order chi connectivity index (χ0) is 12.0. The summed E-state index contributed by atoms with van der Waals surface area (Å²) >= 11 is 0. The van der Waals surface area contributed by atoms with E-state index in [9.17, 15) is 0 Å². The number of allylic oxidation sites excluding steroid dienone is 2. The molecule has 90 valence electrons. The predicted molar refractivity (Wildman–Crippen MR) is 68.2 cm³/mol. The van der Waals surface area contributed by atoms with Gasteiger partial charge in [0, 0.05) is 25.5 Å². The van der Waals surface area contributed by atoms with Crippen molar-refractivity contribution in [1.29, 1.82) is 0 Å². The number of hydrogen-bond donors (Lipinski definition) is 1. The highest BCUT2D eigenvalue weighted by molar-refractivity contribution is 4.94. The van der Waals surface area contributed by atoms with Crippen molar-refractivity contribution < 1.29 is 0 Å². The SMILES string of the molecule is CC(C)=CCCC(C)NCc1nccn1C. The van der Waals surface area contributed by atoms with Crippen molar-refractivity contribution >= 4 is 0 Å². The first-order chi connectivity index (χ1) is 7.59. The monoisotopic (exact) mass is 221 g/mol. The summed E-state index contributed by atoms with van der Waals surface area (Å²) in [5.41, 5.74) is 1.40. The summed E-state index contributed by atoms with van der Waals surface area (Å²) in [6.07, 6.45) is 8.43. The van der Waals surface area contributed by atoms with Crippen molar-refractivity contribution in [1.82, 2.24) is 14.9 Å². The third kappa shape index (κ3) is 4.62. The van der Waals surface area contributed by atoms with Gasteiger partial charge in [-0.2, -0.15) is 0 Å². The van der Waals surface area contributed by atoms with Crippen LogP contribution in [0.4, 0.5) is 0 Å². The molecule has 0 aromatic carbocycles. The Balaban J connectivity index is 2.23. The average molecular weight is 221 g/mol. The Morgan fingerprint density at radius 1 is 1.56 bits per heavy atom. The van der Waals surface area contributed by atoms with Crippen molar-refractivity contribution in [3.8, 4) is 0 Å². The molecule has 0 radical (unpaired) electrons. The second-order valence-electron chi connectivity index (χ2n) is 4.60. The summed E-state index contributed by atoms with van der Waals surface area (Å²) in [7, 11) is 2.03. The van der Waals surface area contributed by atoms with E-state index in [4.69, 9.17) is 0 Å². The van der Waals surface area contributed by atoms with Crippen molar-refractivity contribution in [3.63, 3.8) is 0 Å². The van der Waals surface area contributed by atoms with Crippen LogP contribution in [-0.4, -0.2) is 15.6 Å². The van der Waals surface area contributed by atoms with E-state index in [1.165, 1.54) is 12.0 Å². The highest BCUT2D eigenvalue weighted by Crippen LogP contribution is 2.02. The minimum atomic E-state index is 0.535. The predicted octanol–water partition coefficient (Wildman–Crippen LogP) is 2.64. The smallest absolute Gasteiger partial charge is 0.122 e. The lowest BCUT2D eigenvalue weighted by atomic mass is 10.1. The van der Waals surface area contributed by atoms with E-state index in [1.807, 2.05) is 19.4 Å². The molecule has 0 fully saturated rings. The molecule has 1 N–H and O–H groups in total. The van der Waals surface area contributed by atoms with Gasteiger partial charge in [-0.15, -0.1) is 0 Å². The Hall–Kier alpha value is -1.09. The lowest BCUT2D eigenvalue weighted by Gasteiger charge is -2.12. The van der Waals surface area contributed by atoms with Crippen LogP contribution in [0.3, 0.4) is 0 Å². The normalized spacial score (nSPS) is 12.5. The molecule has 0 aliphatic carbocycles. The molecule has 0 saturated carbocycles. The number of rotatable bonds is 6. The number of aromatic nitrogens is 2. The number of nitrogens with one attached hydrogen (secondary N) is 1. The fourth-order valence-electron chi connectivity index (χ4n) is 1.56.